The average molecular weight is 412 g/mol. The van der Waals surface area contributed by atoms with Crippen molar-refractivity contribution < 1.29 is 13.3 Å². The van der Waals surface area contributed by atoms with Crippen LogP contribution in [0.2, 0.25) is 0 Å². The molecule has 1 aromatic heterocycles. The summed E-state index contributed by atoms with van der Waals surface area (Å²) >= 11 is 1.50. The van der Waals surface area contributed by atoms with Gasteiger partial charge in [-0.15, -0.1) is 10.2 Å². The topological polar surface area (TPSA) is 110 Å². The third-order valence-corrected chi connectivity index (χ3v) is 7.60. The van der Waals surface area contributed by atoms with Crippen molar-refractivity contribution in [3.63, 3.8) is 0 Å². The maximum Gasteiger partial charge on any atom is 0.289 e. The molecule has 1 aliphatic heterocycles. The molecule has 0 N–H and O–H groups in total. The van der Waals surface area contributed by atoms with Crippen molar-refractivity contribution in [3.8, 4) is 0 Å². The fraction of sp³-hybridized carbons (Fsp3) is 0.500. The molecule has 9 nitrogen and oxygen atoms in total. The molecule has 0 spiro atoms. The Balaban J connectivity index is 1.76. The molecule has 0 atom stereocenters. The third-order valence-electron chi connectivity index (χ3n) is 4.24. The van der Waals surface area contributed by atoms with Crippen molar-refractivity contribution in [2.24, 2.45) is 0 Å². The molecule has 1 aliphatic rings. The van der Waals surface area contributed by atoms with Crippen LogP contribution in [0.1, 0.15) is 25.8 Å². The number of hydrogen-bond acceptors (Lipinski definition) is 8. The SMILES string of the molecule is CC(C)(C)c1nnc(N2CCN(S(=O)(=O)c3ccccc3[N+](=O)[O-])CC2)s1. The summed E-state index contributed by atoms with van der Waals surface area (Å²) in [5, 5.41) is 21.3. The maximum absolute atomic E-state index is 12.9. The van der Waals surface area contributed by atoms with Gasteiger partial charge in [0.2, 0.25) is 15.2 Å². The maximum atomic E-state index is 12.9. The van der Waals surface area contributed by atoms with Crippen molar-refractivity contribution >= 4 is 32.2 Å². The Morgan fingerprint density at radius 2 is 1.74 bits per heavy atom. The lowest BCUT2D eigenvalue weighted by Crippen LogP contribution is -2.48. The largest absolute Gasteiger partial charge is 0.344 e. The number of para-hydroxylation sites is 1. The number of aromatic nitrogens is 2. The minimum absolute atomic E-state index is 0.0900. The fourth-order valence-electron chi connectivity index (χ4n) is 2.73. The summed E-state index contributed by atoms with van der Waals surface area (Å²) in [5.41, 5.74) is -0.494. The van der Waals surface area contributed by atoms with E-state index in [1.54, 1.807) is 0 Å². The number of benzene rings is 1. The third kappa shape index (κ3) is 3.94. The van der Waals surface area contributed by atoms with Crippen LogP contribution in [0.4, 0.5) is 10.8 Å². The highest BCUT2D eigenvalue weighted by Gasteiger charge is 2.34. The molecule has 146 valence electrons. The molecule has 1 aromatic carbocycles. The van der Waals surface area contributed by atoms with Gasteiger partial charge < -0.3 is 4.90 Å². The highest BCUT2D eigenvalue weighted by Crippen LogP contribution is 2.31. The van der Waals surface area contributed by atoms with Crippen molar-refractivity contribution in [1.29, 1.82) is 0 Å². The highest BCUT2D eigenvalue weighted by molar-refractivity contribution is 7.89. The van der Waals surface area contributed by atoms with E-state index in [1.807, 2.05) is 4.90 Å². The zero-order valence-electron chi connectivity index (χ0n) is 15.3. The molecular formula is C16H21N5O4S2. The normalized spacial score (nSPS) is 16.5. The molecule has 0 unspecified atom stereocenters. The van der Waals surface area contributed by atoms with E-state index in [4.69, 9.17) is 0 Å². The van der Waals surface area contributed by atoms with Crippen molar-refractivity contribution in [2.45, 2.75) is 31.1 Å². The molecule has 1 saturated heterocycles. The molecule has 2 heterocycles. The Morgan fingerprint density at radius 1 is 1.11 bits per heavy atom. The number of nitro benzene ring substituents is 1. The van der Waals surface area contributed by atoms with Gasteiger partial charge in [0.05, 0.1) is 4.92 Å². The predicted molar refractivity (Wildman–Crippen MR) is 103 cm³/mol. The quantitative estimate of drug-likeness (QED) is 0.560. The summed E-state index contributed by atoms with van der Waals surface area (Å²) in [7, 11) is -3.93. The van der Waals surface area contributed by atoms with Crippen LogP contribution in [0.15, 0.2) is 29.2 Å². The molecule has 0 aliphatic carbocycles. The molecule has 3 rings (SSSR count). The zero-order valence-corrected chi connectivity index (χ0v) is 17.0. The van der Waals surface area contributed by atoms with Crippen LogP contribution in [-0.4, -0.2) is 54.0 Å². The number of nitro groups is 1. The summed E-state index contributed by atoms with van der Waals surface area (Å²) in [5.74, 6) is 0. The van der Waals surface area contributed by atoms with Crippen LogP contribution in [0.3, 0.4) is 0 Å². The van der Waals surface area contributed by atoms with E-state index in [1.165, 1.54) is 39.9 Å². The lowest BCUT2D eigenvalue weighted by Gasteiger charge is -2.33. The van der Waals surface area contributed by atoms with E-state index in [0.717, 1.165) is 10.1 Å². The van der Waals surface area contributed by atoms with Gasteiger partial charge in [0, 0.05) is 37.7 Å². The van der Waals surface area contributed by atoms with Gasteiger partial charge in [0.15, 0.2) is 4.90 Å². The van der Waals surface area contributed by atoms with Gasteiger partial charge in [-0.1, -0.05) is 44.2 Å². The van der Waals surface area contributed by atoms with Crippen LogP contribution >= 0.6 is 11.3 Å². The van der Waals surface area contributed by atoms with Crippen LogP contribution in [0.25, 0.3) is 0 Å². The second kappa shape index (κ2) is 7.13. The Bertz CT molecular complexity index is 944. The Kier molecular flexibility index (Phi) is 5.19. The van der Waals surface area contributed by atoms with E-state index < -0.39 is 20.6 Å². The first kappa shape index (κ1) is 19.6. The molecule has 11 heteroatoms. The smallest absolute Gasteiger partial charge is 0.289 e. The second-order valence-corrected chi connectivity index (χ2v) is 10.1. The van der Waals surface area contributed by atoms with Gasteiger partial charge >= 0.3 is 0 Å². The number of sulfonamides is 1. The molecule has 0 bridgehead atoms. The monoisotopic (exact) mass is 411 g/mol. The molecule has 0 saturated carbocycles. The summed E-state index contributed by atoms with van der Waals surface area (Å²) in [4.78, 5) is 12.2. The van der Waals surface area contributed by atoms with Gasteiger partial charge in [-0.25, -0.2) is 8.42 Å². The highest BCUT2D eigenvalue weighted by atomic mass is 32.2. The van der Waals surface area contributed by atoms with Crippen molar-refractivity contribution in [1.82, 2.24) is 14.5 Å². The standard InChI is InChI=1S/C16H21N5O4S2/c1-16(2,3)14-17-18-15(26-14)19-8-10-20(11-9-19)27(24,25)13-7-5-4-6-12(13)21(22)23/h4-7H,8-11H2,1-3H3. The van der Waals surface area contributed by atoms with Crippen molar-refractivity contribution in [2.75, 3.05) is 31.1 Å². The van der Waals surface area contributed by atoms with Crippen LogP contribution in [0, 0.1) is 10.1 Å². The molecule has 0 amide bonds. The molecular weight excluding hydrogens is 390 g/mol. The Hall–Kier alpha value is -2.11. The van der Waals surface area contributed by atoms with Crippen molar-refractivity contribution in [3.05, 3.63) is 39.4 Å². The van der Waals surface area contributed by atoms with E-state index in [9.17, 15) is 18.5 Å². The van der Waals surface area contributed by atoms with Gasteiger partial charge in [0.25, 0.3) is 5.69 Å². The van der Waals surface area contributed by atoms with Gasteiger partial charge in [-0.2, -0.15) is 4.31 Å². The summed E-state index contributed by atoms with van der Waals surface area (Å²) in [6, 6.07) is 5.43. The number of rotatable bonds is 4. The van der Waals surface area contributed by atoms with Gasteiger partial charge in [-0.3, -0.25) is 10.1 Å². The first-order chi connectivity index (χ1) is 12.6. The van der Waals surface area contributed by atoms with E-state index in [-0.39, 0.29) is 23.4 Å². The van der Waals surface area contributed by atoms with Gasteiger partial charge in [-0.05, 0) is 6.07 Å². The number of hydrogen-bond donors (Lipinski definition) is 0. The van der Waals surface area contributed by atoms with Crippen LogP contribution < -0.4 is 4.90 Å². The average Bonchev–Trinajstić information content (AvgIpc) is 3.12. The summed E-state index contributed by atoms with van der Waals surface area (Å²) in [6.07, 6.45) is 0. The van der Waals surface area contributed by atoms with Crippen LogP contribution in [0.5, 0.6) is 0 Å². The number of piperazine rings is 1. The lowest BCUT2D eigenvalue weighted by atomic mass is 9.98. The lowest BCUT2D eigenvalue weighted by molar-refractivity contribution is -0.387. The molecule has 2 aromatic rings. The van der Waals surface area contributed by atoms with Gasteiger partial charge in [0.1, 0.15) is 5.01 Å². The zero-order chi connectivity index (χ0) is 19.8. The van der Waals surface area contributed by atoms with Crippen LogP contribution in [-0.2, 0) is 15.4 Å². The number of anilines is 1. The second-order valence-electron chi connectivity index (χ2n) is 7.26. The minimum atomic E-state index is -3.93. The fourth-order valence-corrected chi connectivity index (χ4v) is 5.27. The molecule has 27 heavy (non-hydrogen) atoms. The summed E-state index contributed by atoms with van der Waals surface area (Å²) < 4.78 is 27.0. The first-order valence-electron chi connectivity index (χ1n) is 8.43. The Morgan fingerprint density at radius 3 is 2.30 bits per heavy atom. The molecule has 1 fully saturated rings. The summed E-state index contributed by atoms with van der Waals surface area (Å²) in [6.45, 7) is 7.58. The molecule has 0 radical (unpaired) electrons. The van der Waals surface area contributed by atoms with E-state index in [2.05, 4.69) is 31.0 Å². The predicted octanol–water partition coefficient (Wildman–Crippen LogP) is 2.25. The minimum Gasteiger partial charge on any atom is -0.344 e. The Labute approximate surface area is 161 Å². The van der Waals surface area contributed by atoms with E-state index >= 15 is 0 Å². The first-order valence-corrected chi connectivity index (χ1v) is 10.7. The number of nitrogens with zero attached hydrogens (tertiary/aromatic N) is 5. The van der Waals surface area contributed by atoms with E-state index in [0.29, 0.717) is 13.1 Å².